The zero-order valence-electron chi connectivity index (χ0n) is 14.0. The third-order valence-electron chi connectivity index (χ3n) is 4.87. The van der Waals surface area contributed by atoms with Crippen LogP contribution in [0.4, 0.5) is 0 Å². The molecule has 0 aromatic rings. The third kappa shape index (κ3) is 4.32. The van der Waals surface area contributed by atoms with E-state index in [1.54, 1.807) is 5.57 Å². The Morgan fingerprint density at radius 3 is 2.67 bits per heavy atom. The molecule has 0 N–H and O–H groups in total. The molecule has 118 valence electrons. The molecule has 0 fully saturated rings. The molecule has 1 nitrogen and oxygen atoms in total. The minimum atomic E-state index is 0.381. The van der Waals surface area contributed by atoms with Crippen molar-refractivity contribution in [2.75, 3.05) is 6.61 Å². The lowest BCUT2D eigenvalue weighted by molar-refractivity contribution is 0.110. The molecule has 0 amide bonds. The molecule has 0 aromatic heterocycles. The quantitative estimate of drug-likeness (QED) is 0.535. The molecule has 0 saturated heterocycles. The topological polar surface area (TPSA) is 9.23 Å². The molecule has 1 aliphatic carbocycles. The van der Waals surface area contributed by atoms with Crippen molar-refractivity contribution in [2.45, 2.75) is 84.2 Å². The summed E-state index contributed by atoms with van der Waals surface area (Å²) in [6, 6.07) is 0. The van der Waals surface area contributed by atoms with Crippen LogP contribution in [0.1, 0.15) is 78.1 Å². The fraction of sp³-hybridized carbons (Fsp3) is 0.700. The van der Waals surface area contributed by atoms with Gasteiger partial charge in [-0.25, -0.2) is 0 Å². The maximum atomic E-state index is 6.10. The van der Waals surface area contributed by atoms with E-state index >= 15 is 0 Å². The number of hydrogen-bond acceptors (Lipinski definition) is 1. The van der Waals surface area contributed by atoms with Crippen molar-refractivity contribution in [1.29, 1.82) is 0 Å². The van der Waals surface area contributed by atoms with E-state index in [2.05, 4.69) is 26.5 Å². The fourth-order valence-corrected chi connectivity index (χ4v) is 3.49. The van der Waals surface area contributed by atoms with Crippen molar-refractivity contribution in [3.05, 3.63) is 34.9 Å². The Hall–Kier alpha value is -0.820. The van der Waals surface area contributed by atoms with Crippen LogP contribution in [-0.4, -0.2) is 12.7 Å². The Balaban J connectivity index is 2.13. The van der Waals surface area contributed by atoms with Gasteiger partial charge in [0.05, 0.1) is 12.7 Å². The van der Waals surface area contributed by atoms with Crippen molar-refractivity contribution >= 4 is 0 Å². The van der Waals surface area contributed by atoms with Crippen LogP contribution in [-0.2, 0) is 4.74 Å². The molecule has 1 heterocycles. The first kappa shape index (κ1) is 16.5. The minimum absolute atomic E-state index is 0.381. The second-order valence-corrected chi connectivity index (χ2v) is 6.50. The van der Waals surface area contributed by atoms with Crippen molar-refractivity contribution in [1.82, 2.24) is 0 Å². The number of rotatable bonds is 6. The zero-order valence-corrected chi connectivity index (χ0v) is 14.0. The molecule has 0 aromatic carbocycles. The second kappa shape index (κ2) is 8.58. The van der Waals surface area contributed by atoms with Crippen molar-refractivity contribution < 1.29 is 4.74 Å². The van der Waals surface area contributed by atoms with E-state index in [-0.39, 0.29) is 0 Å². The van der Waals surface area contributed by atoms with Crippen molar-refractivity contribution in [3.63, 3.8) is 0 Å². The molecule has 0 spiro atoms. The largest absolute Gasteiger partial charge is 0.369 e. The standard InChI is InChI=1S/C20H32O/c1-4-6-8-11-17-12-9-10-13-18-19(16(17)3)15-21-20(18)14-7-5-2/h11,20H,3-10,12-15H2,1-2H3/b17-11+. The van der Waals surface area contributed by atoms with E-state index in [1.807, 2.05) is 0 Å². The lowest BCUT2D eigenvalue weighted by Gasteiger charge is -2.19. The van der Waals surface area contributed by atoms with Crippen molar-refractivity contribution in [3.8, 4) is 0 Å². The number of unbranched alkanes of at least 4 members (excludes halogenated alkanes) is 3. The lowest BCUT2D eigenvalue weighted by atomic mass is 9.85. The molecule has 21 heavy (non-hydrogen) atoms. The molecule has 1 heteroatoms. The molecule has 0 radical (unpaired) electrons. The maximum absolute atomic E-state index is 6.10. The van der Waals surface area contributed by atoms with Crippen LogP contribution in [0.3, 0.4) is 0 Å². The zero-order chi connectivity index (χ0) is 15.1. The highest BCUT2D eigenvalue weighted by Crippen LogP contribution is 2.38. The monoisotopic (exact) mass is 288 g/mol. The van der Waals surface area contributed by atoms with Crippen molar-refractivity contribution in [2.24, 2.45) is 0 Å². The smallest absolute Gasteiger partial charge is 0.0796 e. The Kier molecular flexibility index (Phi) is 6.76. The molecular formula is C20H32O. The van der Waals surface area contributed by atoms with E-state index in [0.717, 1.165) is 6.61 Å². The average molecular weight is 288 g/mol. The average Bonchev–Trinajstić information content (AvgIpc) is 2.87. The maximum Gasteiger partial charge on any atom is 0.0796 e. The molecule has 1 unspecified atom stereocenters. The molecule has 1 aliphatic heterocycles. The Morgan fingerprint density at radius 1 is 1.14 bits per heavy atom. The number of ether oxygens (including phenoxy) is 1. The van der Waals surface area contributed by atoms with Gasteiger partial charge in [-0.15, -0.1) is 0 Å². The minimum Gasteiger partial charge on any atom is -0.369 e. The summed E-state index contributed by atoms with van der Waals surface area (Å²) in [5, 5.41) is 0. The highest BCUT2D eigenvalue weighted by Gasteiger charge is 2.28. The van der Waals surface area contributed by atoms with Gasteiger partial charge in [0, 0.05) is 0 Å². The molecule has 2 rings (SSSR count). The first-order chi connectivity index (χ1) is 10.3. The van der Waals surface area contributed by atoms with Gasteiger partial charge in [0.2, 0.25) is 0 Å². The summed E-state index contributed by atoms with van der Waals surface area (Å²) in [4.78, 5) is 0. The van der Waals surface area contributed by atoms with Gasteiger partial charge >= 0.3 is 0 Å². The van der Waals surface area contributed by atoms with E-state index in [9.17, 15) is 0 Å². The fourth-order valence-electron chi connectivity index (χ4n) is 3.49. The van der Waals surface area contributed by atoms with Crippen LogP contribution in [0.2, 0.25) is 0 Å². The van der Waals surface area contributed by atoms with Crippen LogP contribution in [0.25, 0.3) is 0 Å². The van der Waals surface area contributed by atoms with E-state index in [4.69, 9.17) is 4.74 Å². The molecular weight excluding hydrogens is 256 g/mol. The summed E-state index contributed by atoms with van der Waals surface area (Å²) in [6.45, 7) is 9.75. The molecule has 1 atom stereocenters. The number of allylic oxidation sites excluding steroid dienone is 2. The van der Waals surface area contributed by atoms with Gasteiger partial charge in [0.1, 0.15) is 0 Å². The first-order valence-electron chi connectivity index (χ1n) is 9.00. The van der Waals surface area contributed by atoms with Gasteiger partial charge in [-0.05, 0) is 60.8 Å². The summed E-state index contributed by atoms with van der Waals surface area (Å²) in [5.41, 5.74) is 5.81. The highest BCUT2D eigenvalue weighted by atomic mass is 16.5. The Bertz CT molecular complexity index is 414. The summed E-state index contributed by atoms with van der Waals surface area (Å²) in [6.07, 6.45) is 15.4. The van der Waals surface area contributed by atoms with Crippen LogP contribution in [0, 0.1) is 0 Å². The number of hydrogen-bond donors (Lipinski definition) is 0. The SMILES string of the molecule is C=C1C2=C(CCCC/C1=C\CCCC)C(CCCC)OC2. The summed E-state index contributed by atoms with van der Waals surface area (Å²) in [5.74, 6) is 0. The van der Waals surface area contributed by atoms with Gasteiger partial charge in [-0.2, -0.15) is 0 Å². The van der Waals surface area contributed by atoms with Gasteiger partial charge in [0.25, 0.3) is 0 Å². The normalized spacial score (nSPS) is 25.1. The summed E-state index contributed by atoms with van der Waals surface area (Å²) in [7, 11) is 0. The molecule has 2 aliphatic rings. The lowest BCUT2D eigenvalue weighted by Crippen LogP contribution is -2.10. The first-order valence-corrected chi connectivity index (χ1v) is 9.00. The van der Waals surface area contributed by atoms with Crippen LogP contribution in [0.15, 0.2) is 34.9 Å². The molecule has 0 bridgehead atoms. The summed E-state index contributed by atoms with van der Waals surface area (Å²) < 4.78 is 6.10. The summed E-state index contributed by atoms with van der Waals surface area (Å²) >= 11 is 0. The van der Waals surface area contributed by atoms with E-state index in [0.29, 0.717) is 6.10 Å². The Morgan fingerprint density at radius 2 is 1.90 bits per heavy atom. The Labute approximate surface area is 131 Å². The van der Waals surface area contributed by atoms with Crippen LogP contribution < -0.4 is 0 Å². The predicted octanol–water partition coefficient (Wildman–Crippen LogP) is 6.12. The third-order valence-corrected chi connectivity index (χ3v) is 4.87. The predicted molar refractivity (Wildman–Crippen MR) is 91.5 cm³/mol. The molecule has 0 saturated carbocycles. The van der Waals surface area contributed by atoms with Crippen LogP contribution in [0.5, 0.6) is 0 Å². The van der Waals surface area contributed by atoms with E-state index < -0.39 is 0 Å². The van der Waals surface area contributed by atoms with E-state index in [1.165, 1.54) is 80.9 Å². The van der Waals surface area contributed by atoms with Gasteiger partial charge in [-0.1, -0.05) is 52.2 Å². The highest BCUT2D eigenvalue weighted by molar-refractivity contribution is 5.50. The van der Waals surface area contributed by atoms with Gasteiger partial charge in [0.15, 0.2) is 0 Å². The van der Waals surface area contributed by atoms with Gasteiger partial charge < -0.3 is 4.74 Å². The second-order valence-electron chi connectivity index (χ2n) is 6.50. The van der Waals surface area contributed by atoms with Gasteiger partial charge in [-0.3, -0.25) is 0 Å². The van der Waals surface area contributed by atoms with Crippen LogP contribution >= 0.6 is 0 Å².